The highest BCUT2D eigenvalue weighted by Crippen LogP contribution is 2.20. The monoisotopic (exact) mass is 327 g/mol. The molecule has 2 aromatic carbocycles. The maximum Gasteiger partial charge on any atom is 0.339 e. The fourth-order valence-electron chi connectivity index (χ4n) is 2.11. The van der Waals surface area contributed by atoms with Crippen molar-refractivity contribution in [1.82, 2.24) is 0 Å². The Hall–Kier alpha value is -2.82. The second kappa shape index (κ2) is 7.64. The molecule has 5 nitrogen and oxygen atoms in total. The minimum Gasteiger partial charge on any atom is -0.496 e. The van der Waals surface area contributed by atoms with E-state index in [1.54, 1.807) is 30.3 Å². The number of anilines is 1. The molecule has 2 aromatic rings. The van der Waals surface area contributed by atoms with Gasteiger partial charge in [-0.15, -0.1) is 0 Å². The van der Waals surface area contributed by atoms with E-state index in [1.165, 1.54) is 14.0 Å². The summed E-state index contributed by atoms with van der Waals surface area (Å²) < 4.78 is 10.4. The highest BCUT2D eigenvalue weighted by Gasteiger charge is 2.19. The third-order valence-corrected chi connectivity index (χ3v) is 3.62. The molecular formula is C19H21NO4. The maximum absolute atomic E-state index is 12.2. The van der Waals surface area contributed by atoms with Crippen LogP contribution in [0.5, 0.6) is 5.75 Å². The van der Waals surface area contributed by atoms with Crippen LogP contribution in [0.2, 0.25) is 0 Å². The number of hydrogen-bond donors (Lipinski definition) is 1. The Morgan fingerprint density at radius 1 is 1.04 bits per heavy atom. The quantitative estimate of drug-likeness (QED) is 0.854. The predicted molar refractivity (Wildman–Crippen MR) is 92.4 cm³/mol. The van der Waals surface area contributed by atoms with E-state index < -0.39 is 12.1 Å². The number of carbonyl (C=O) groups is 2. The fraction of sp³-hybridized carbons (Fsp3) is 0.263. The van der Waals surface area contributed by atoms with Crippen molar-refractivity contribution >= 4 is 17.6 Å². The number of benzene rings is 2. The number of methoxy groups -OCH3 is 1. The largest absolute Gasteiger partial charge is 0.496 e. The standard InChI is InChI=1S/C19H21NO4/c1-12-5-9-16(10-6-12)20-18(21)14(3)24-19(22)15-8-7-13(2)17(11-15)23-4/h5-11,14H,1-4H3,(H,20,21)/t14-/m1/s1. The van der Waals surface area contributed by atoms with E-state index in [4.69, 9.17) is 9.47 Å². The lowest BCUT2D eigenvalue weighted by molar-refractivity contribution is -0.123. The Morgan fingerprint density at radius 2 is 1.71 bits per heavy atom. The molecule has 24 heavy (non-hydrogen) atoms. The Labute approximate surface area is 141 Å². The number of esters is 1. The van der Waals surface area contributed by atoms with Crippen LogP contribution in [-0.2, 0) is 9.53 Å². The number of amides is 1. The van der Waals surface area contributed by atoms with E-state index in [9.17, 15) is 9.59 Å². The molecule has 1 amide bonds. The fourth-order valence-corrected chi connectivity index (χ4v) is 2.11. The van der Waals surface area contributed by atoms with Gasteiger partial charge in [0.25, 0.3) is 5.91 Å². The van der Waals surface area contributed by atoms with Gasteiger partial charge in [0.2, 0.25) is 0 Å². The van der Waals surface area contributed by atoms with E-state index >= 15 is 0 Å². The van der Waals surface area contributed by atoms with Crippen molar-refractivity contribution in [3.63, 3.8) is 0 Å². The number of nitrogens with one attached hydrogen (secondary N) is 1. The normalized spacial score (nSPS) is 11.5. The molecule has 0 spiro atoms. The van der Waals surface area contributed by atoms with Crippen LogP contribution in [0.15, 0.2) is 42.5 Å². The van der Waals surface area contributed by atoms with Crippen molar-refractivity contribution in [2.45, 2.75) is 26.9 Å². The molecule has 2 rings (SSSR count). The van der Waals surface area contributed by atoms with E-state index in [-0.39, 0.29) is 5.91 Å². The lowest BCUT2D eigenvalue weighted by atomic mass is 10.1. The maximum atomic E-state index is 12.2. The van der Waals surface area contributed by atoms with Gasteiger partial charge in [0.15, 0.2) is 6.10 Å². The first kappa shape index (κ1) is 17.5. The average Bonchev–Trinajstić information content (AvgIpc) is 2.57. The molecule has 1 N–H and O–H groups in total. The first-order valence-electron chi connectivity index (χ1n) is 7.64. The van der Waals surface area contributed by atoms with Gasteiger partial charge in [-0.2, -0.15) is 0 Å². The zero-order chi connectivity index (χ0) is 17.7. The summed E-state index contributed by atoms with van der Waals surface area (Å²) in [5.74, 6) is -0.354. The molecule has 0 aliphatic carbocycles. The van der Waals surface area contributed by atoms with E-state index in [1.807, 2.05) is 26.0 Å². The number of carbonyl (C=O) groups excluding carboxylic acids is 2. The Morgan fingerprint density at radius 3 is 2.33 bits per heavy atom. The SMILES string of the molecule is COc1cc(C(=O)O[C@H](C)C(=O)Nc2ccc(C)cc2)ccc1C. The highest BCUT2D eigenvalue weighted by molar-refractivity contribution is 5.97. The minimum absolute atomic E-state index is 0.340. The summed E-state index contributed by atoms with van der Waals surface area (Å²) in [5.41, 5.74) is 3.01. The van der Waals surface area contributed by atoms with Crippen molar-refractivity contribution < 1.29 is 19.1 Å². The van der Waals surface area contributed by atoms with E-state index in [2.05, 4.69) is 5.32 Å². The minimum atomic E-state index is -0.911. The topological polar surface area (TPSA) is 64.6 Å². The molecule has 126 valence electrons. The smallest absolute Gasteiger partial charge is 0.339 e. The molecule has 0 bridgehead atoms. The van der Waals surface area contributed by atoms with Crippen molar-refractivity contribution in [2.75, 3.05) is 12.4 Å². The first-order valence-corrected chi connectivity index (χ1v) is 7.64. The summed E-state index contributed by atoms with van der Waals surface area (Å²) in [6.07, 6.45) is -0.911. The summed E-state index contributed by atoms with van der Waals surface area (Å²) >= 11 is 0. The van der Waals surface area contributed by atoms with Gasteiger partial charge < -0.3 is 14.8 Å². The molecule has 0 unspecified atom stereocenters. The zero-order valence-corrected chi connectivity index (χ0v) is 14.3. The summed E-state index contributed by atoms with van der Waals surface area (Å²) in [7, 11) is 1.54. The molecule has 0 saturated carbocycles. The average molecular weight is 327 g/mol. The molecule has 0 aliphatic heterocycles. The summed E-state index contributed by atoms with van der Waals surface area (Å²) in [5, 5.41) is 2.72. The van der Waals surface area contributed by atoms with Crippen LogP contribution in [0.3, 0.4) is 0 Å². The molecule has 0 aliphatic rings. The highest BCUT2D eigenvalue weighted by atomic mass is 16.5. The molecule has 0 heterocycles. The summed E-state index contributed by atoms with van der Waals surface area (Å²) in [4.78, 5) is 24.3. The van der Waals surface area contributed by atoms with Crippen LogP contribution in [0.4, 0.5) is 5.69 Å². The van der Waals surface area contributed by atoms with Crippen LogP contribution in [0.25, 0.3) is 0 Å². The van der Waals surface area contributed by atoms with Gasteiger partial charge in [0, 0.05) is 5.69 Å². The summed E-state index contributed by atoms with van der Waals surface area (Å²) in [6, 6.07) is 12.4. The van der Waals surface area contributed by atoms with Gasteiger partial charge in [-0.05, 0) is 50.6 Å². The predicted octanol–water partition coefficient (Wildman–Crippen LogP) is 3.50. The van der Waals surface area contributed by atoms with Gasteiger partial charge in [-0.25, -0.2) is 4.79 Å². The number of ether oxygens (including phenoxy) is 2. The Kier molecular flexibility index (Phi) is 5.58. The van der Waals surface area contributed by atoms with Crippen LogP contribution >= 0.6 is 0 Å². The number of rotatable bonds is 5. The molecule has 5 heteroatoms. The Bertz CT molecular complexity index is 738. The second-order valence-electron chi connectivity index (χ2n) is 5.59. The third kappa shape index (κ3) is 4.35. The lowest BCUT2D eigenvalue weighted by Crippen LogP contribution is -2.30. The van der Waals surface area contributed by atoms with Gasteiger partial charge in [0.1, 0.15) is 5.75 Å². The van der Waals surface area contributed by atoms with Crippen LogP contribution in [0, 0.1) is 13.8 Å². The van der Waals surface area contributed by atoms with E-state index in [0.29, 0.717) is 17.0 Å². The summed E-state index contributed by atoms with van der Waals surface area (Å²) in [6.45, 7) is 5.38. The van der Waals surface area contributed by atoms with E-state index in [0.717, 1.165) is 11.1 Å². The molecule has 1 atom stereocenters. The third-order valence-electron chi connectivity index (χ3n) is 3.62. The first-order chi connectivity index (χ1) is 11.4. The second-order valence-corrected chi connectivity index (χ2v) is 5.59. The molecular weight excluding hydrogens is 306 g/mol. The van der Waals surface area contributed by atoms with Gasteiger partial charge >= 0.3 is 5.97 Å². The van der Waals surface area contributed by atoms with Crippen molar-refractivity contribution in [1.29, 1.82) is 0 Å². The Balaban J connectivity index is 2.00. The van der Waals surface area contributed by atoms with Gasteiger partial charge in [0.05, 0.1) is 12.7 Å². The van der Waals surface area contributed by atoms with Crippen LogP contribution < -0.4 is 10.1 Å². The zero-order valence-electron chi connectivity index (χ0n) is 14.3. The van der Waals surface area contributed by atoms with Crippen molar-refractivity contribution in [2.24, 2.45) is 0 Å². The molecule has 0 aromatic heterocycles. The van der Waals surface area contributed by atoms with Gasteiger partial charge in [-0.1, -0.05) is 23.8 Å². The number of hydrogen-bond acceptors (Lipinski definition) is 4. The molecule has 0 fully saturated rings. The van der Waals surface area contributed by atoms with Crippen LogP contribution in [0.1, 0.15) is 28.4 Å². The number of aryl methyl sites for hydroxylation is 2. The van der Waals surface area contributed by atoms with Gasteiger partial charge in [-0.3, -0.25) is 4.79 Å². The molecule has 0 saturated heterocycles. The van der Waals surface area contributed by atoms with Crippen LogP contribution in [-0.4, -0.2) is 25.1 Å². The lowest BCUT2D eigenvalue weighted by Gasteiger charge is -2.14. The molecule has 0 radical (unpaired) electrons. The van der Waals surface area contributed by atoms with Crippen molar-refractivity contribution in [3.8, 4) is 5.75 Å². The van der Waals surface area contributed by atoms with Crippen molar-refractivity contribution in [3.05, 3.63) is 59.2 Å².